The van der Waals surface area contributed by atoms with Gasteiger partial charge in [0.15, 0.2) is 5.96 Å². The minimum Gasteiger partial charge on any atom is -0.357 e. The molecule has 0 atom stereocenters. The summed E-state index contributed by atoms with van der Waals surface area (Å²) in [4.78, 5) is 17.5. The number of hydrogen-bond acceptors (Lipinski definition) is 5. The molecule has 1 saturated heterocycles. The highest BCUT2D eigenvalue weighted by atomic mass is 32.1. The summed E-state index contributed by atoms with van der Waals surface area (Å²) in [5.74, 6) is 1.99. The number of aliphatic imine (C=N–C) groups is 1. The molecule has 2 aromatic heterocycles. The molecule has 6 nitrogen and oxygen atoms in total. The van der Waals surface area contributed by atoms with Crippen LogP contribution in [0.1, 0.15) is 41.0 Å². The summed E-state index contributed by atoms with van der Waals surface area (Å²) in [6, 6.07) is 6.67. The molecule has 0 bridgehead atoms. The van der Waals surface area contributed by atoms with Gasteiger partial charge < -0.3 is 15.5 Å². The first-order valence-electron chi connectivity index (χ1n) is 9.71. The predicted octanol–water partition coefficient (Wildman–Crippen LogP) is 3.19. The van der Waals surface area contributed by atoms with Crippen LogP contribution in [0.5, 0.6) is 0 Å². The summed E-state index contributed by atoms with van der Waals surface area (Å²) in [6.07, 6.45) is 2.16. The van der Waals surface area contributed by atoms with Gasteiger partial charge in [-0.25, -0.2) is 15.0 Å². The Labute approximate surface area is 166 Å². The number of thiazole rings is 1. The second-order valence-corrected chi connectivity index (χ2v) is 8.27. The molecule has 0 amide bonds. The van der Waals surface area contributed by atoms with Crippen molar-refractivity contribution in [2.24, 2.45) is 4.99 Å². The third-order valence-corrected chi connectivity index (χ3v) is 5.82. The van der Waals surface area contributed by atoms with Gasteiger partial charge >= 0.3 is 0 Å². The molecule has 7 heteroatoms. The Morgan fingerprint density at radius 1 is 1.22 bits per heavy atom. The number of pyridine rings is 1. The first-order chi connectivity index (χ1) is 13.0. The van der Waals surface area contributed by atoms with Crippen molar-refractivity contribution >= 4 is 23.1 Å². The highest BCUT2D eigenvalue weighted by Gasteiger charge is 2.21. The lowest BCUT2D eigenvalue weighted by Crippen LogP contribution is -2.48. The van der Waals surface area contributed by atoms with Gasteiger partial charge in [-0.15, -0.1) is 11.3 Å². The normalized spacial score (nSPS) is 15.9. The maximum Gasteiger partial charge on any atom is 0.191 e. The second-order valence-electron chi connectivity index (χ2n) is 6.98. The van der Waals surface area contributed by atoms with Crippen LogP contribution >= 0.6 is 11.3 Å². The van der Waals surface area contributed by atoms with Gasteiger partial charge in [0.25, 0.3) is 0 Å². The van der Waals surface area contributed by atoms with Gasteiger partial charge in [-0.3, -0.25) is 0 Å². The van der Waals surface area contributed by atoms with Crippen molar-refractivity contribution in [2.45, 2.75) is 53.1 Å². The number of hydrogen-bond donors (Lipinski definition) is 2. The molecule has 1 fully saturated rings. The van der Waals surface area contributed by atoms with Gasteiger partial charge in [0, 0.05) is 36.2 Å². The van der Waals surface area contributed by atoms with Crippen LogP contribution in [0.15, 0.2) is 23.2 Å². The van der Waals surface area contributed by atoms with Crippen LogP contribution in [0.2, 0.25) is 0 Å². The lowest BCUT2D eigenvalue weighted by molar-refractivity contribution is 0.459. The number of anilines is 1. The van der Waals surface area contributed by atoms with Crippen molar-refractivity contribution in [1.82, 2.24) is 20.6 Å². The Bertz CT molecular complexity index is 777. The summed E-state index contributed by atoms with van der Waals surface area (Å²) >= 11 is 1.73. The van der Waals surface area contributed by atoms with E-state index < -0.39 is 0 Å². The van der Waals surface area contributed by atoms with E-state index in [1.807, 2.05) is 19.9 Å². The lowest BCUT2D eigenvalue weighted by Gasteiger charge is -2.34. The molecule has 0 spiro atoms. The predicted molar refractivity (Wildman–Crippen MR) is 114 cm³/mol. The number of nitrogens with zero attached hydrogens (tertiary/aromatic N) is 4. The maximum absolute atomic E-state index is 4.78. The zero-order chi connectivity index (χ0) is 19.2. The Balaban J connectivity index is 1.56. The number of nitrogens with one attached hydrogen (secondary N) is 2. The number of rotatable bonds is 5. The smallest absolute Gasteiger partial charge is 0.191 e. The fourth-order valence-corrected chi connectivity index (χ4v) is 4.20. The molecule has 2 N–H and O–H groups in total. The van der Waals surface area contributed by atoms with Gasteiger partial charge in [0.1, 0.15) is 5.82 Å². The molecule has 1 aliphatic heterocycles. The summed E-state index contributed by atoms with van der Waals surface area (Å²) in [5.41, 5.74) is 2.17. The van der Waals surface area contributed by atoms with Crippen molar-refractivity contribution in [1.29, 1.82) is 0 Å². The summed E-state index contributed by atoms with van der Waals surface area (Å²) in [6.45, 7) is 11.8. The van der Waals surface area contributed by atoms with Gasteiger partial charge in [-0.05, 0) is 52.7 Å². The molecule has 1 aliphatic rings. The lowest BCUT2D eigenvalue weighted by atomic mass is 10.1. The first kappa shape index (κ1) is 19.6. The van der Waals surface area contributed by atoms with E-state index in [0.29, 0.717) is 12.6 Å². The molecule has 146 valence electrons. The fourth-order valence-electron chi connectivity index (χ4n) is 3.34. The van der Waals surface area contributed by atoms with Gasteiger partial charge in [0.05, 0.1) is 17.2 Å². The Morgan fingerprint density at radius 3 is 2.63 bits per heavy atom. The zero-order valence-electron chi connectivity index (χ0n) is 16.7. The monoisotopic (exact) mass is 386 g/mol. The molecule has 0 radical (unpaired) electrons. The molecule has 27 heavy (non-hydrogen) atoms. The van der Waals surface area contributed by atoms with E-state index >= 15 is 0 Å². The molecule has 0 aromatic carbocycles. The molecule has 0 aliphatic carbocycles. The summed E-state index contributed by atoms with van der Waals surface area (Å²) < 4.78 is 0. The second kappa shape index (κ2) is 9.17. The Hall–Kier alpha value is -2.15. The Morgan fingerprint density at radius 2 is 2.00 bits per heavy atom. The average molecular weight is 387 g/mol. The van der Waals surface area contributed by atoms with E-state index in [-0.39, 0.29) is 0 Å². The van der Waals surface area contributed by atoms with Gasteiger partial charge in [-0.2, -0.15) is 0 Å². The van der Waals surface area contributed by atoms with Crippen molar-refractivity contribution < 1.29 is 0 Å². The van der Waals surface area contributed by atoms with Crippen LogP contribution in [-0.2, 0) is 6.54 Å². The first-order valence-corrected chi connectivity index (χ1v) is 10.5. The van der Waals surface area contributed by atoms with E-state index in [1.54, 1.807) is 11.3 Å². The van der Waals surface area contributed by atoms with Crippen LogP contribution in [-0.4, -0.2) is 41.6 Å². The van der Waals surface area contributed by atoms with Crippen molar-refractivity contribution in [2.75, 3.05) is 24.5 Å². The number of aromatic nitrogens is 2. The van der Waals surface area contributed by atoms with E-state index in [0.717, 1.165) is 60.6 Å². The van der Waals surface area contributed by atoms with Crippen molar-refractivity contribution in [3.05, 3.63) is 39.5 Å². The topological polar surface area (TPSA) is 65.4 Å². The highest BCUT2D eigenvalue weighted by molar-refractivity contribution is 7.11. The van der Waals surface area contributed by atoms with E-state index in [4.69, 9.17) is 4.99 Å². The quantitative estimate of drug-likeness (QED) is 0.610. The van der Waals surface area contributed by atoms with Crippen molar-refractivity contribution in [3.63, 3.8) is 0 Å². The molecular weight excluding hydrogens is 356 g/mol. The number of aryl methyl sites for hydroxylation is 3. The molecular formula is C20H30N6S. The minimum absolute atomic E-state index is 0.438. The summed E-state index contributed by atoms with van der Waals surface area (Å²) in [7, 11) is 0. The molecule has 0 saturated carbocycles. The molecule has 2 aromatic rings. The van der Waals surface area contributed by atoms with Crippen LogP contribution in [0.25, 0.3) is 0 Å². The maximum atomic E-state index is 4.78. The third kappa shape index (κ3) is 5.42. The average Bonchev–Trinajstić information content (AvgIpc) is 2.98. The standard InChI is InChI=1S/C20H30N6S/c1-5-21-20(22-13-18-15(3)24-16(4)27-18)25-17-9-11-26(12-10-17)19-8-6-7-14(2)23-19/h6-8,17H,5,9-13H2,1-4H3,(H2,21,22,25). The minimum atomic E-state index is 0.438. The van der Waals surface area contributed by atoms with Crippen LogP contribution < -0.4 is 15.5 Å². The molecule has 3 rings (SSSR count). The van der Waals surface area contributed by atoms with E-state index in [1.165, 1.54) is 4.88 Å². The zero-order valence-corrected chi connectivity index (χ0v) is 17.6. The third-order valence-electron chi connectivity index (χ3n) is 4.76. The fraction of sp³-hybridized carbons (Fsp3) is 0.550. The van der Waals surface area contributed by atoms with E-state index in [2.05, 4.69) is 51.5 Å². The van der Waals surface area contributed by atoms with E-state index in [9.17, 15) is 0 Å². The SMILES string of the molecule is CCNC(=NCc1sc(C)nc1C)NC1CCN(c2cccc(C)n2)CC1. The highest BCUT2D eigenvalue weighted by Crippen LogP contribution is 2.19. The number of guanidine groups is 1. The van der Waals surface area contributed by atoms with Gasteiger partial charge in [0.2, 0.25) is 0 Å². The van der Waals surface area contributed by atoms with Gasteiger partial charge in [-0.1, -0.05) is 6.07 Å². The van der Waals surface area contributed by atoms with Crippen molar-refractivity contribution in [3.8, 4) is 0 Å². The molecule has 0 unspecified atom stereocenters. The number of piperidine rings is 1. The Kier molecular flexibility index (Phi) is 6.66. The van der Waals surface area contributed by atoms with Crippen LogP contribution in [0.3, 0.4) is 0 Å². The largest absolute Gasteiger partial charge is 0.357 e. The van der Waals surface area contributed by atoms with Crippen LogP contribution in [0.4, 0.5) is 5.82 Å². The summed E-state index contributed by atoms with van der Waals surface area (Å²) in [5, 5.41) is 8.09. The van der Waals surface area contributed by atoms with Crippen LogP contribution in [0, 0.1) is 20.8 Å². The molecule has 3 heterocycles.